The Kier molecular flexibility index (Phi) is 6.39. The lowest BCUT2D eigenvalue weighted by Crippen LogP contribution is -2.56. The molecule has 0 unspecified atom stereocenters. The maximum Gasteiger partial charge on any atom is 0.262 e. The summed E-state index contributed by atoms with van der Waals surface area (Å²) >= 11 is 1.39. The molecule has 1 aromatic carbocycles. The van der Waals surface area contributed by atoms with E-state index in [0.717, 1.165) is 38.4 Å². The van der Waals surface area contributed by atoms with Crippen LogP contribution in [-0.2, 0) is 17.8 Å². The van der Waals surface area contributed by atoms with Gasteiger partial charge in [0.25, 0.3) is 5.91 Å². The Morgan fingerprint density at radius 3 is 2.67 bits per heavy atom. The zero-order chi connectivity index (χ0) is 21.1. The standard InChI is InChI=1S/C23H29N3O3S/c1-16(2)21(24-22(27)20-4-3-13-30-20)23(28)26-10-8-25(9-11-26)15-17-5-6-19-18(14-17)7-12-29-19/h3-6,13-14,16,21H,7-12,15H2,1-2H3,(H,24,27)/t21-/m1/s1. The lowest BCUT2D eigenvalue weighted by molar-refractivity contribution is -0.136. The fourth-order valence-electron chi connectivity index (χ4n) is 4.05. The van der Waals surface area contributed by atoms with Crippen molar-refractivity contribution in [3.63, 3.8) is 0 Å². The quantitative estimate of drug-likeness (QED) is 0.770. The van der Waals surface area contributed by atoms with Crippen molar-refractivity contribution in [2.75, 3.05) is 32.8 Å². The first-order valence-corrected chi connectivity index (χ1v) is 11.5. The third kappa shape index (κ3) is 4.68. The molecule has 2 amide bonds. The van der Waals surface area contributed by atoms with Crippen molar-refractivity contribution in [1.29, 1.82) is 0 Å². The van der Waals surface area contributed by atoms with Crippen molar-refractivity contribution >= 4 is 23.2 Å². The molecule has 7 heteroatoms. The molecule has 160 valence electrons. The molecule has 1 fully saturated rings. The summed E-state index contributed by atoms with van der Waals surface area (Å²) in [5, 5.41) is 4.82. The van der Waals surface area contributed by atoms with E-state index in [1.54, 1.807) is 6.07 Å². The molecule has 1 N–H and O–H groups in total. The van der Waals surface area contributed by atoms with Gasteiger partial charge in [0.1, 0.15) is 11.8 Å². The summed E-state index contributed by atoms with van der Waals surface area (Å²) in [6, 6.07) is 9.58. The van der Waals surface area contributed by atoms with E-state index in [9.17, 15) is 9.59 Å². The average molecular weight is 428 g/mol. The number of ether oxygens (including phenoxy) is 1. The molecular weight excluding hydrogens is 398 g/mol. The first-order chi connectivity index (χ1) is 14.5. The van der Waals surface area contributed by atoms with Crippen LogP contribution in [-0.4, -0.2) is 60.4 Å². The fraction of sp³-hybridized carbons (Fsp3) is 0.478. The molecule has 2 aromatic rings. The van der Waals surface area contributed by atoms with E-state index in [-0.39, 0.29) is 17.7 Å². The lowest BCUT2D eigenvalue weighted by Gasteiger charge is -2.37. The van der Waals surface area contributed by atoms with Crippen LogP contribution in [0.1, 0.15) is 34.6 Å². The monoisotopic (exact) mass is 427 g/mol. The lowest BCUT2D eigenvalue weighted by atomic mass is 10.0. The van der Waals surface area contributed by atoms with Crippen LogP contribution in [0, 0.1) is 5.92 Å². The van der Waals surface area contributed by atoms with E-state index < -0.39 is 6.04 Å². The Labute approximate surface area is 181 Å². The second-order valence-corrected chi connectivity index (χ2v) is 9.26. The van der Waals surface area contributed by atoms with E-state index in [1.807, 2.05) is 30.2 Å². The number of carbonyl (C=O) groups is 2. The molecule has 1 aromatic heterocycles. The third-order valence-electron chi connectivity index (χ3n) is 5.81. The Hall–Kier alpha value is -2.38. The highest BCUT2D eigenvalue weighted by molar-refractivity contribution is 7.12. The highest BCUT2D eigenvalue weighted by Crippen LogP contribution is 2.26. The molecule has 6 nitrogen and oxygen atoms in total. The van der Waals surface area contributed by atoms with Gasteiger partial charge in [0.05, 0.1) is 11.5 Å². The second-order valence-electron chi connectivity index (χ2n) is 8.31. The van der Waals surface area contributed by atoms with Gasteiger partial charge < -0.3 is 15.0 Å². The van der Waals surface area contributed by atoms with Gasteiger partial charge in [0.15, 0.2) is 0 Å². The second kappa shape index (κ2) is 9.18. The van der Waals surface area contributed by atoms with Gasteiger partial charge in [-0.3, -0.25) is 14.5 Å². The van der Waals surface area contributed by atoms with Gasteiger partial charge in [0, 0.05) is 39.1 Å². The van der Waals surface area contributed by atoms with E-state index in [4.69, 9.17) is 4.74 Å². The molecule has 0 bridgehead atoms. The number of thiophene rings is 1. The summed E-state index contributed by atoms with van der Waals surface area (Å²) in [7, 11) is 0. The zero-order valence-corrected chi connectivity index (χ0v) is 18.4. The van der Waals surface area contributed by atoms with Crippen LogP contribution in [0.3, 0.4) is 0 Å². The van der Waals surface area contributed by atoms with Gasteiger partial charge in [0.2, 0.25) is 5.91 Å². The normalized spacial score (nSPS) is 17.5. The van der Waals surface area contributed by atoms with Crippen LogP contribution >= 0.6 is 11.3 Å². The average Bonchev–Trinajstić information content (AvgIpc) is 3.43. The minimum atomic E-state index is -0.497. The van der Waals surface area contributed by atoms with Crippen molar-refractivity contribution in [1.82, 2.24) is 15.1 Å². The predicted octanol–water partition coefficient (Wildman–Crippen LogP) is 2.78. The number of carbonyl (C=O) groups excluding carboxylic acids is 2. The Morgan fingerprint density at radius 1 is 1.17 bits per heavy atom. The molecular formula is C23H29N3O3S. The van der Waals surface area contributed by atoms with Crippen LogP contribution in [0.4, 0.5) is 0 Å². The number of fused-ring (bicyclic) bond motifs is 1. The fourth-order valence-corrected chi connectivity index (χ4v) is 4.68. The third-order valence-corrected chi connectivity index (χ3v) is 6.68. The minimum Gasteiger partial charge on any atom is -0.493 e. The molecule has 0 radical (unpaired) electrons. The molecule has 0 spiro atoms. The number of amides is 2. The summed E-state index contributed by atoms with van der Waals surface area (Å²) in [4.78, 5) is 30.5. The van der Waals surface area contributed by atoms with Crippen molar-refractivity contribution in [3.8, 4) is 5.75 Å². The Morgan fingerprint density at radius 2 is 1.97 bits per heavy atom. The van der Waals surface area contributed by atoms with E-state index in [2.05, 4.69) is 28.4 Å². The van der Waals surface area contributed by atoms with Crippen molar-refractivity contribution < 1.29 is 14.3 Å². The predicted molar refractivity (Wildman–Crippen MR) is 118 cm³/mol. The molecule has 30 heavy (non-hydrogen) atoms. The van der Waals surface area contributed by atoms with Gasteiger partial charge in [-0.15, -0.1) is 11.3 Å². The Bertz CT molecular complexity index is 889. The van der Waals surface area contributed by atoms with Gasteiger partial charge >= 0.3 is 0 Å². The summed E-state index contributed by atoms with van der Waals surface area (Å²) in [5.41, 5.74) is 2.59. The maximum absolute atomic E-state index is 13.1. The van der Waals surface area contributed by atoms with Crippen molar-refractivity contribution in [2.45, 2.75) is 32.9 Å². The van der Waals surface area contributed by atoms with Crippen molar-refractivity contribution in [2.24, 2.45) is 5.92 Å². The summed E-state index contributed by atoms with van der Waals surface area (Å²) in [5.74, 6) is 0.895. The SMILES string of the molecule is CC(C)[C@@H](NC(=O)c1cccs1)C(=O)N1CCN(Cc2ccc3c(c2)CCO3)CC1. The van der Waals surface area contributed by atoms with Gasteiger partial charge in [-0.25, -0.2) is 0 Å². The van der Waals surface area contributed by atoms with E-state index in [0.29, 0.717) is 18.0 Å². The molecule has 1 saturated heterocycles. The topological polar surface area (TPSA) is 61.9 Å². The molecule has 4 rings (SSSR count). The smallest absolute Gasteiger partial charge is 0.262 e. The number of rotatable bonds is 6. The number of hydrogen-bond acceptors (Lipinski definition) is 5. The first-order valence-electron chi connectivity index (χ1n) is 10.6. The van der Waals surface area contributed by atoms with Crippen LogP contribution in [0.25, 0.3) is 0 Å². The van der Waals surface area contributed by atoms with Gasteiger partial charge in [-0.05, 0) is 34.6 Å². The number of benzene rings is 1. The molecule has 1 atom stereocenters. The molecule has 2 aliphatic rings. The highest BCUT2D eigenvalue weighted by atomic mass is 32.1. The number of piperazine rings is 1. The minimum absolute atomic E-state index is 0.0178. The van der Waals surface area contributed by atoms with Crippen LogP contribution < -0.4 is 10.1 Å². The van der Waals surface area contributed by atoms with Gasteiger partial charge in [-0.2, -0.15) is 0 Å². The van der Waals surface area contributed by atoms with Crippen LogP contribution in [0.2, 0.25) is 0 Å². The van der Waals surface area contributed by atoms with Crippen molar-refractivity contribution in [3.05, 3.63) is 51.7 Å². The summed E-state index contributed by atoms with van der Waals surface area (Å²) < 4.78 is 5.59. The molecule has 0 saturated carbocycles. The molecule has 0 aliphatic carbocycles. The van der Waals surface area contributed by atoms with Crippen LogP contribution in [0.15, 0.2) is 35.7 Å². The summed E-state index contributed by atoms with van der Waals surface area (Å²) in [6.07, 6.45) is 0.985. The van der Waals surface area contributed by atoms with E-state index in [1.165, 1.54) is 22.5 Å². The van der Waals surface area contributed by atoms with Crippen LogP contribution in [0.5, 0.6) is 5.75 Å². The largest absolute Gasteiger partial charge is 0.493 e. The van der Waals surface area contributed by atoms with Gasteiger partial charge in [-0.1, -0.05) is 32.0 Å². The zero-order valence-electron chi connectivity index (χ0n) is 17.6. The molecule has 3 heterocycles. The highest BCUT2D eigenvalue weighted by Gasteiger charge is 2.31. The summed E-state index contributed by atoms with van der Waals surface area (Å²) in [6.45, 7) is 8.66. The molecule has 2 aliphatic heterocycles. The van der Waals surface area contributed by atoms with E-state index >= 15 is 0 Å². The number of nitrogens with one attached hydrogen (secondary N) is 1. The first kappa shape index (κ1) is 20.9. The Balaban J connectivity index is 1.31. The number of nitrogens with zero attached hydrogens (tertiary/aromatic N) is 2. The number of hydrogen-bond donors (Lipinski definition) is 1. The maximum atomic E-state index is 13.1.